The van der Waals surface area contributed by atoms with E-state index in [0.29, 0.717) is 12.8 Å². The van der Waals surface area contributed by atoms with Crippen LogP contribution in [0.25, 0.3) is 0 Å². The van der Waals surface area contributed by atoms with Gasteiger partial charge >= 0.3 is 0 Å². The van der Waals surface area contributed by atoms with Crippen molar-refractivity contribution < 1.29 is 6.48 Å². The minimum atomic E-state index is 0.175. The van der Waals surface area contributed by atoms with Gasteiger partial charge in [-0.05, 0) is 6.42 Å². The Balaban J connectivity index is 2.78. The summed E-state index contributed by atoms with van der Waals surface area (Å²) in [6, 6.07) is 0. The Labute approximate surface area is 39.4 Å². The summed E-state index contributed by atoms with van der Waals surface area (Å²) in [6.07, 6.45) is 3.32. The fourth-order valence-corrected chi connectivity index (χ4v) is 0.167. The summed E-state index contributed by atoms with van der Waals surface area (Å²) in [6.45, 7) is 0.175. The molecule has 0 amide bonds. The number of aliphatic hydroxyl groups is 1. The standard InChI is InChI=1S/C5H8O/c1-2-3-4-5-6/h1,6H,3-5H2/i1D. The zero-order chi connectivity index (χ0) is 5.54. The molecule has 1 N–H and O–H groups in total. The monoisotopic (exact) mass is 85.1 g/mol. The van der Waals surface area contributed by atoms with Gasteiger partial charge in [0, 0.05) is 13.0 Å². The van der Waals surface area contributed by atoms with Crippen LogP contribution < -0.4 is 0 Å². The van der Waals surface area contributed by atoms with Gasteiger partial charge in [0.05, 0.1) is 0 Å². The second-order valence-corrected chi connectivity index (χ2v) is 1.00. The molecule has 0 fully saturated rings. The van der Waals surface area contributed by atoms with E-state index in [0.717, 1.165) is 0 Å². The van der Waals surface area contributed by atoms with Crippen LogP contribution in [0.5, 0.6) is 0 Å². The summed E-state index contributed by atoms with van der Waals surface area (Å²) in [4.78, 5) is 0. The van der Waals surface area contributed by atoms with Crippen LogP contribution in [-0.4, -0.2) is 11.7 Å². The predicted molar refractivity (Wildman–Crippen MR) is 25.2 cm³/mol. The molecule has 0 unspecified atom stereocenters. The molecule has 0 aliphatic carbocycles. The third-order valence-corrected chi connectivity index (χ3v) is 0.460. The smallest absolute Gasteiger partial charge is 0.124 e. The van der Waals surface area contributed by atoms with Crippen molar-refractivity contribution in [2.24, 2.45) is 0 Å². The van der Waals surface area contributed by atoms with Crippen molar-refractivity contribution in [3.63, 3.8) is 0 Å². The summed E-state index contributed by atoms with van der Waals surface area (Å²) in [5.74, 6) is 2.51. The molecular weight excluding hydrogens is 76.1 g/mol. The second-order valence-electron chi connectivity index (χ2n) is 1.00. The van der Waals surface area contributed by atoms with Crippen molar-refractivity contribution >= 4 is 0 Å². The molecule has 0 spiro atoms. The third-order valence-electron chi connectivity index (χ3n) is 0.460. The lowest BCUT2D eigenvalue weighted by Gasteiger charge is -1.79. The first-order valence-corrected chi connectivity index (χ1v) is 1.92. The molecule has 0 rings (SSSR count). The van der Waals surface area contributed by atoms with Gasteiger partial charge in [0.2, 0.25) is 0 Å². The van der Waals surface area contributed by atoms with Crippen LogP contribution >= 0.6 is 0 Å². The lowest BCUT2D eigenvalue weighted by atomic mass is 10.3. The van der Waals surface area contributed by atoms with Gasteiger partial charge in [-0.2, -0.15) is 0 Å². The SMILES string of the molecule is [2H]C#CCCCO. The van der Waals surface area contributed by atoms with Gasteiger partial charge in [-0.1, -0.05) is 0 Å². The van der Waals surface area contributed by atoms with E-state index < -0.39 is 0 Å². The Morgan fingerprint density at radius 1 is 2.00 bits per heavy atom. The topological polar surface area (TPSA) is 20.2 Å². The molecule has 0 saturated heterocycles. The van der Waals surface area contributed by atoms with Crippen molar-refractivity contribution in [2.75, 3.05) is 6.61 Å². The molecule has 1 nitrogen and oxygen atoms in total. The molecule has 0 saturated carbocycles. The highest BCUT2D eigenvalue weighted by Gasteiger charge is 1.72. The third kappa shape index (κ3) is 3.52. The number of rotatable bonds is 2. The van der Waals surface area contributed by atoms with Crippen molar-refractivity contribution in [3.05, 3.63) is 0 Å². The minimum Gasteiger partial charge on any atom is -0.396 e. The highest BCUT2D eigenvalue weighted by Crippen LogP contribution is 1.79. The summed E-state index contributed by atoms with van der Waals surface area (Å²) in [7, 11) is 0. The molecular formula is C5H8O. The number of terminal acetylenes is 1. The van der Waals surface area contributed by atoms with Crippen LogP contribution in [0.1, 0.15) is 14.2 Å². The predicted octanol–water partition coefficient (Wildman–Crippen LogP) is 0.392. The van der Waals surface area contributed by atoms with Crippen LogP contribution in [0.15, 0.2) is 0 Å². The maximum atomic E-state index is 8.16. The molecule has 0 aromatic carbocycles. The largest absolute Gasteiger partial charge is 0.396 e. The van der Waals surface area contributed by atoms with Gasteiger partial charge in [0.25, 0.3) is 0 Å². The number of hydrogen-bond acceptors (Lipinski definition) is 1. The molecule has 0 aliphatic heterocycles. The van der Waals surface area contributed by atoms with E-state index in [1.54, 1.807) is 0 Å². The van der Waals surface area contributed by atoms with E-state index >= 15 is 0 Å². The maximum absolute atomic E-state index is 8.16. The zero-order valence-corrected chi connectivity index (χ0v) is 3.57. The number of hydrogen-bond donors (Lipinski definition) is 1. The highest BCUT2D eigenvalue weighted by atomic mass is 16.2. The van der Waals surface area contributed by atoms with E-state index in [1.807, 2.05) is 6.40 Å². The first-order valence-electron chi connectivity index (χ1n) is 2.42. The summed E-state index contributed by atoms with van der Waals surface area (Å²) in [5, 5.41) is 8.16. The van der Waals surface area contributed by atoms with Gasteiger partial charge in [0.15, 0.2) is 0 Å². The van der Waals surface area contributed by atoms with Gasteiger partial charge < -0.3 is 5.11 Å². The maximum Gasteiger partial charge on any atom is 0.124 e. The Hall–Kier alpha value is -0.480. The highest BCUT2D eigenvalue weighted by molar-refractivity contribution is 4.82. The van der Waals surface area contributed by atoms with E-state index in [2.05, 4.69) is 5.92 Å². The van der Waals surface area contributed by atoms with Gasteiger partial charge in [-0.25, -0.2) is 0 Å². The number of aliphatic hydroxyl groups excluding tert-OH is 1. The molecule has 0 bridgehead atoms. The van der Waals surface area contributed by atoms with Crippen molar-refractivity contribution in [2.45, 2.75) is 12.8 Å². The van der Waals surface area contributed by atoms with Gasteiger partial charge in [-0.3, -0.25) is 0 Å². The molecule has 0 aromatic heterocycles. The van der Waals surface area contributed by atoms with Crippen LogP contribution in [0.4, 0.5) is 0 Å². The van der Waals surface area contributed by atoms with Crippen LogP contribution in [0, 0.1) is 12.3 Å². The second kappa shape index (κ2) is 4.52. The van der Waals surface area contributed by atoms with E-state index in [1.165, 1.54) is 0 Å². The van der Waals surface area contributed by atoms with Crippen molar-refractivity contribution in [3.8, 4) is 12.3 Å². The van der Waals surface area contributed by atoms with Gasteiger partial charge in [0.1, 0.15) is 1.37 Å². The van der Waals surface area contributed by atoms with Gasteiger partial charge in [-0.15, -0.1) is 12.3 Å². The van der Waals surface area contributed by atoms with Crippen molar-refractivity contribution in [1.82, 2.24) is 0 Å². The normalized spacial score (nSPS) is 8.50. The first-order chi connectivity index (χ1) is 3.41. The summed E-state index contributed by atoms with van der Waals surface area (Å²) < 4.78 is 6.34. The molecule has 0 heterocycles. The Morgan fingerprint density at radius 3 is 3.33 bits per heavy atom. The summed E-state index contributed by atoms with van der Waals surface area (Å²) in [5.41, 5.74) is 0. The van der Waals surface area contributed by atoms with Crippen LogP contribution in [-0.2, 0) is 0 Å². The van der Waals surface area contributed by atoms with Crippen LogP contribution in [0.2, 0.25) is 0 Å². The fraction of sp³-hybridized carbons (Fsp3) is 0.600. The van der Waals surface area contributed by atoms with Crippen LogP contribution in [0.3, 0.4) is 0 Å². The van der Waals surface area contributed by atoms with E-state index in [-0.39, 0.29) is 6.61 Å². The minimum absolute atomic E-state index is 0.175. The molecule has 0 atom stereocenters. The Morgan fingerprint density at radius 2 is 2.83 bits per heavy atom. The molecule has 0 radical (unpaired) electrons. The Kier molecular flexibility index (Phi) is 2.79. The first kappa shape index (κ1) is 3.70. The summed E-state index contributed by atoms with van der Waals surface area (Å²) >= 11 is 0. The molecule has 1 heteroatoms. The molecule has 0 aromatic rings. The number of unbranched alkanes of at least 4 members (excludes halogenated alkanes) is 1. The lowest BCUT2D eigenvalue weighted by Crippen LogP contribution is -1.77. The quantitative estimate of drug-likeness (QED) is 0.380. The zero-order valence-electron chi connectivity index (χ0n) is 4.57. The molecule has 34 valence electrons. The van der Waals surface area contributed by atoms with E-state index in [9.17, 15) is 0 Å². The lowest BCUT2D eigenvalue weighted by molar-refractivity contribution is 0.290. The molecule has 0 aliphatic rings. The average molecular weight is 85.1 g/mol. The van der Waals surface area contributed by atoms with Crippen molar-refractivity contribution in [1.29, 1.82) is 0 Å². The average Bonchev–Trinajstić information content (AvgIpc) is 1.69. The Bertz CT molecular complexity index is 79.8. The van der Waals surface area contributed by atoms with E-state index in [4.69, 9.17) is 6.48 Å². The molecule has 6 heavy (non-hydrogen) atoms. The fourth-order valence-electron chi connectivity index (χ4n) is 0.167.